The first-order valence-corrected chi connectivity index (χ1v) is 6.50. The molecular formula is C15H23NO2. The van der Waals surface area contributed by atoms with Gasteiger partial charge in [-0.15, -0.1) is 0 Å². The number of nitrogens with one attached hydrogen (secondary N) is 1. The van der Waals surface area contributed by atoms with Crippen molar-refractivity contribution >= 4 is 5.91 Å². The Bertz CT molecular complexity index is 399. The molecule has 0 saturated heterocycles. The van der Waals surface area contributed by atoms with Crippen LogP contribution in [0.1, 0.15) is 39.7 Å². The van der Waals surface area contributed by atoms with Gasteiger partial charge in [-0.25, -0.2) is 0 Å². The summed E-state index contributed by atoms with van der Waals surface area (Å²) in [4.78, 5) is 11.8. The first-order chi connectivity index (χ1) is 8.48. The fourth-order valence-corrected chi connectivity index (χ4v) is 1.58. The molecule has 1 N–H and O–H groups in total. The Balaban J connectivity index is 2.52. The number of amides is 1. The number of hydrogen-bond donors (Lipinski definition) is 1. The van der Waals surface area contributed by atoms with Gasteiger partial charge in [-0.1, -0.05) is 32.0 Å². The zero-order valence-electron chi connectivity index (χ0n) is 11.7. The van der Waals surface area contributed by atoms with Crippen LogP contribution in [-0.4, -0.2) is 18.1 Å². The zero-order chi connectivity index (χ0) is 13.6. The van der Waals surface area contributed by atoms with Crippen LogP contribution in [0.3, 0.4) is 0 Å². The minimum atomic E-state index is -0.176. The summed E-state index contributed by atoms with van der Waals surface area (Å²) in [5.41, 5.74) is 0.949. The van der Waals surface area contributed by atoms with Crippen molar-refractivity contribution < 1.29 is 9.53 Å². The van der Waals surface area contributed by atoms with Gasteiger partial charge in [-0.2, -0.15) is 0 Å². The SMILES string of the molecule is CCc1ccccc1OCC(=O)NC(C)(C)CC. The maximum Gasteiger partial charge on any atom is 0.258 e. The molecule has 100 valence electrons. The normalized spacial score (nSPS) is 11.1. The molecule has 0 radical (unpaired) electrons. The van der Waals surface area contributed by atoms with E-state index in [0.717, 1.165) is 24.2 Å². The van der Waals surface area contributed by atoms with Gasteiger partial charge in [0.2, 0.25) is 0 Å². The third-order valence-corrected chi connectivity index (χ3v) is 3.07. The van der Waals surface area contributed by atoms with Gasteiger partial charge in [-0.3, -0.25) is 4.79 Å². The summed E-state index contributed by atoms with van der Waals surface area (Å²) >= 11 is 0. The molecule has 1 aromatic carbocycles. The van der Waals surface area contributed by atoms with Crippen LogP contribution < -0.4 is 10.1 Å². The molecule has 1 rings (SSSR count). The number of ether oxygens (including phenoxy) is 1. The van der Waals surface area contributed by atoms with Gasteiger partial charge in [0.25, 0.3) is 5.91 Å². The number of carbonyl (C=O) groups excluding carboxylic acids is 1. The Kier molecular flexibility index (Phi) is 5.20. The van der Waals surface area contributed by atoms with E-state index < -0.39 is 0 Å². The van der Waals surface area contributed by atoms with E-state index in [1.807, 2.05) is 45.0 Å². The van der Waals surface area contributed by atoms with Crippen LogP contribution in [0, 0.1) is 0 Å². The molecule has 1 aromatic rings. The lowest BCUT2D eigenvalue weighted by Crippen LogP contribution is -2.44. The average Bonchev–Trinajstić information content (AvgIpc) is 2.36. The van der Waals surface area contributed by atoms with Crippen LogP contribution in [0.2, 0.25) is 0 Å². The molecule has 0 heterocycles. The Labute approximate surface area is 110 Å². The van der Waals surface area contributed by atoms with Crippen molar-refractivity contribution in [2.45, 2.75) is 46.1 Å². The van der Waals surface area contributed by atoms with E-state index in [9.17, 15) is 4.79 Å². The van der Waals surface area contributed by atoms with Crippen LogP contribution in [0.5, 0.6) is 5.75 Å². The van der Waals surface area contributed by atoms with Gasteiger partial charge in [0, 0.05) is 5.54 Å². The topological polar surface area (TPSA) is 38.3 Å². The first-order valence-electron chi connectivity index (χ1n) is 6.50. The highest BCUT2D eigenvalue weighted by molar-refractivity contribution is 5.78. The number of rotatable bonds is 6. The number of hydrogen-bond acceptors (Lipinski definition) is 2. The van der Waals surface area contributed by atoms with E-state index in [0.29, 0.717) is 0 Å². The minimum absolute atomic E-state index is 0.0699. The molecule has 3 nitrogen and oxygen atoms in total. The maximum atomic E-state index is 11.8. The van der Waals surface area contributed by atoms with Crippen LogP contribution >= 0.6 is 0 Å². The van der Waals surface area contributed by atoms with Crippen LogP contribution in [0.15, 0.2) is 24.3 Å². The summed E-state index contributed by atoms with van der Waals surface area (Å²) < 4.78 is 5.57. The first kappa shape index (κ1) is 14.6. The van der Waals surface area contributed by atoms with Gasteiger partial charge in [-0.05, 0) is 38.3 Å². The van der Waals surface area contributed by atoms with Gasteiger partial charge >= 0.3 is 0 Å². The molecule has 0 atom stereocenters. The monoisotopic (exact) mass is 249 g/mol. The molecule has 0 aromatic heterocycles. The summed E-state index contributed by atoms with van der Waals surface area (Å²) in [6.07, 6.45) is 1.79. The second-order valence-electron chi connectivity index (χ2n) is 5.04. The Morgan fingerprint density at radius 2 is 1.94 bits per heavy atom. The lowest BCUT2D eigenvalue weighted by Gasteiger charge is -2.24. The molecule has 0 aliphatic carbocycles. The summed E-state index contributed by atoms with van der Waals surface area (Å²) in [7, 11) is 0. The van der Waals surface area contributed by atoms with Crippen LogP contribution in [0.4, 0.5) is 0 Å². The third-order valence-electron chi connectivity index (χ3n) is 3.07. The zero-order valence-corrected chi connectivity index (χ0v) is 11.7. The van der Waals surface area contributed by atoms with Crippen molar-refractivity contribution in [2.75, 3.05) is 6.61 Å². The second kappa shape index (κ2) is 6.43. The average molecular weight is 249 g/mol. The molecule has 0 saturated carbocycles. The van der Waals surface area contributed by atoms with Gasteiger partial charge in [0.1, 0.15) is 5.75 Å². The van der Waals surface area contributed by atoms with Gasteiger partial charge in [0.15, 0.2) is 6.61 Å². The van der Waals surface area contributed by atoms with Crippen molar-refractivity contribution in [1.29, 1.82) is 0 Å². The standard InChI is InChI=1S/C15H23NO2/c1-5-12-9-7-8-10-13(12)18-11-14(17)16-15(3,4)6-2/h7-10H,5-6,11H2,1-4H3,(H,16,17). The molecule has 18 heavy (non-hydrogen) atoms. The summed E-state index contributed by atoms with van der Waals surface area (Å²) in [5.74, 6) is 0.720. The number of aryl methyl sites for hydroxylation is 1. The van der Waals surface area contributed by atoms with Crippen LogP contribution in [0.25, 0.3) is 0 Å². The van der Waals surface area contributed by atoms with E-state index in [-0.39, 0.29) is 18.1 Å². The van der Waals surface area contributed by atoms with Crippen molar-refractivity contribution in [2.24, 2.45) is 0 Å². The highest BCUT2D eigenvalue weighted by Gasteiger charge is 2.18. The Morgan fingerprint density at radius 3 is 2.56 bits per heavy atom. The summed E-state index contributed by atoms with van der Waals surface area (Å²) in [6, 6.07) is 7.81. The third kappa shape index (κ3) is 4.40. The number of benzene rings is 1. The van der Waals surface area contributed by atoms with Crippen molar-refractivity contribution in [3.63, 3.8) is 0 Å². The molecule has 3 heteroatoms. The van der Waals surface area contributed by atoms with Crippen molar-refractivity contribution in [3.8, 4) is 5.75 Å². The lowest BCUT2D eigenvalue weighted by molar-refractivity contribution is -0.124. The number of carbonyl (C=O) groups is 1. The molecule has 0 fully saturated rings. The van der Waals surface area contributed by atoms with E-state index in [4.69, 9.17) is 4.74 Å². The molecule has 0 bridgehead atoms. The van der Waals surface area contributed by atoms with E-state index in [1.165, 1.54) is 0 Å². The van der Waals surface area contributed by atoms with Crippen LogP contribution in [-0.2, 0) is 11.2 Å². The highest BCUT2D eigenvalue weighted by atomic mass is 16.5. The molecule has 0 unspecified atom stereocenters. The smallest absolute Gasteiger partial charge is 0.258 e. The largest absolute Gasteiger partial charge is 0.483 e. The van der Waals surface area contributed by atoms with E-state index >= 15 is 0 Å². The minimum Gasteiger partial charge on any atom is -0.483 e. The molecular weight excluding hydrogens is 226 g/mol. The fraction of sp³-hybridized carbons (Fsp3) is 0.533. The van der Waals surface area contributed by atoms with Gasteiger partial charge in [0.05, 0.1) is 0 Å². The number of para-hydroxylation sites is 1. The quantitative estimate of drug-likeness (QED) is 0.841. The molecule has 0 aliphatic rings. The highest BCUT2D eigenvalue weighted by Crippen LogP contribution is 2.18. The summed E-state index contributed by atoms with van der Waals surface area (Å²) in [6.45, 7) is 8.20. The lowest BCUT2D eigenvalue weighted by atomic mass is 10.0. The predicted octanol–water partition coefficient (Wildman–Crippen LogP) is 2.93. The second-order valence-corrected chi connectivity index (χ2v) is 5.04. The van der Waals surface area contributed by atoms with Gasteiger partial charge < -0.3 is 10.1 Å². The van der Waals surface area contributed by atoms with Crippen molar-refractivity contribution in [3.05, 3.63) is 29.8 Å². The fourth-order valence-electron chi connectivity index (χ4n) is 1.58. The van der Waals surface area contributed by atoms with E-state index in [1.54, 1.807) is 0 Å². The van der Waals surface area contributed by atoms with Crippen molar-refractivity contribution in [1.82, 2.24) is 5.32 Å². The Hall–Kier alpha value is -1.51. The predicted molar refractivity (Wildman–Crippen MR) is 73.8 cm³/mol. The molecule has 0 spiro atoms. The van der Waals surface area contributed by atoms with E-state index in [2.05, 4.69) is 12.2 Å². The Morgan fingerprint density at radius 1 is 1.28 bits per heavy atom. The summed E-state index contributed by atoms with van der Waals surface area (Å²) in [5, 5.41) is 2.95. The maximum absolute atomic E-state index is 11.8. The molecule has 1 amide bonds. The molecule has 0 aliphatic heterocycles.